The summed E-state index contributed by atoms with van der Waals surface area (Å²) in [5, 5.41) is 3.64. The molecule has 0 aliphatic rings. The van der Waals surface area contributed by atoms with Crippen LogP contribution in [0, 0.1) is 17.8 Å². The predicted octanol–water partition coefficient (Wildman–Crippen LogP) is 4.54. The van der Waals surface area contributed by atoms with E-state index >= 15 is 0 Å². The molecule has 0 aliphatic carbocycles. The number of benzene rings is 1. The van der Waals surface area contributed by atoms with Gasteiger partial charge in [-0.2, -0.15) is 0 Å². The molecule has 0 spiro atoms. The van der Waals surface area contributed by atoms with Gasteiger partial charge in [-0.1, -0.05) is 58.7 Å². The summed E-state index contributed by atoms with van der Waals surface area (Å²) >= 11 is 0. The number of rotatable bonds is 10. The van der Waals surface area contributed by atoms with Crippen LogP contribution in [0.25, 0.3) is 0 Å². The van der Waals surface area contributed by atoms with Crippen LogP contribution in [0.1, 0.15) is 46.1 Å². The van der Waals surface area contributed by atoms with Crippen molar-refractivity contribution in [2.75, 3.05) is 20.2 Å². The van der Waals surface area contributed by atoms with Crippen molar-refractivity contribution in [1.82, 2.24) is 5.32 Å². The minimum absolute atomic E-state index is 0.667. The van der Waals surface area contributed by atoms with Gasteiger partial charge in [0.2, 0.25) is 0 Å². The molecule has 2 nitrogen and oxygen atoms in total. The van der Waals surface area contributed by atoms with Gasteiger partial charge in [-0.05, 0) is 48.9 Å². The lowest BCUT2D eigenvalue weighted by atomic mass is 9.85. The number of ether oxygens (including phenoxy) is 1. The van der Waals surface area contributed by atoms with Crippen molar-refractivity contribution in [2.45, 2.75) is 47.0 Å². The third kappa shape index (κ3) is 6.52. The van der Waals surface area contributed by atoms with Crippen LogP contribution in [0.2, 0.25) is 0 Å². The Balaban J connectivity index is 2.71. The molecule has 0 radical (unpaired) electrons. The highest BCUT2D eigenvalue weighted by atomic mass is 16.5. The second-order valence-electron chi connectivity index (χ2n) is 6.59. The highest BCUT2D eigenvalue weighted by molar-refractivity contribution is 5.33. The lowest BCUT2D eigenvalue weighted by molar-refractivity contribution is 0.309. The average molecular weight is 291 g/mol. The van der Waals surface area contributed by atoms with E-state index in [1.54, 1.807) is 7.11 Å². The summed E-state index contributed by atoms with van der Waals surface area (Å²) in [7, 11) is 1.76. The van der Waals surface area contributed by atoms with Crippen molar-refractivity contribution < 1.29 is 4.74 Å². The van der Waals surface area contributed by atoms with Gasteiger partial charge in [0.15, 0.2) is 0 Å². The third-order valence-electron chi connectivity index (χ3n) is 4.18. The first-order valence-corrected chi connectivity index (χ1v) is 8.41. The summed E-state index contributed by atoms with van der Waals surface area (Å²) in [6, 6.07) is 8.43. The topological polar surface area (TPSA) is 21.3 Å². The summed E-state index contributed by atoms with van der Waals surface area (Å²) in [4.78, 5) is 0. The first kappa shape index (κ1) is 18.0. The largest absolute Gasteiger partial charge is 0.496 e. The minimum Gasteiger partial charge on any atom is -0.496 e. The van der Waals surface area contributed by atoms with Crippen LogP contribution in [0.5, 0.6) is 5.75 Å². The fourth-order valence-electron chi connectivity index (χ4n) is 2.88. The van der Waals surface area contributed by atoms with Crippen LogP contribution in [-0.4, -0.2) is 20.2 Å². The van der Waals surface area contributed by atoms with Gasteiger partial charge in [0.25, 0.3) is 0 Å². The molecule has 2 atom stereocenters. The van der Waals surface area contributed by atoms with Crippen molar-refractivity contribution in [2.24, 2.45) is 17.8 Å². The zero-order valence-corrected chi connectivity index (χ0v) is 14.5. The van der Waals surface area contributed by atoms with Crippen molar-refractivity contribution in [1.29, 1.82) is 0 Å². The molecule has 0 bridgehead atoms. The quantitative estimate of drug-likeness (QED) is 0.683. The smallest absolute Gasteiger partial charge is 0.122 e. The molecule has 1 aromatic carbocycles. The zero-order chi connectivity index (χ0) is 15.7. The summed E-state index contributed by atoms with van der Waals surface area (Å²) in [6.07, 6.45) is 3.65. The Kier molecular flexibility index (Phi) is 8.44. The van der Waals surface area contributed by atoms with Crippen LogP contribution in [0.15, 0.2) is 24.3 Å². The molecule has 1 N–H and O–H groups in total. The van der Waals surface area contributed by atoms with E-state index in [2.05, 4.69) is 51.2 Å². The lowest BCUT2D eigenvalue weighted by Gasteiger charge is -2.25. The van der Waals surface area contributed by atoms with E-state index < -0.39 is 0 Å². The van der Waals surface area contributed by atoms with Crippen LogP contribution in [0.3, 0.4) is 0 Å². The summed E-state index contributed by atoms with van der Waals surface area (Å²) in [6.45, 7) is 11.4. The second kappa shape index (κ2) is 9.83. The first-order valence-electron chi connectivity index (χ1n) is 8.41. The van der Waals surface area contributed by atoms with Crippen LogP contribution < -0.4 is 10.1 Å². The number of methoxy groups -OCH3 is 1. The van der Waals surface area contributed by atoms with E-state index in [4.69, 9.17) is 4.74 Å². The van der Waals surface area contributed by atoms with E-state index in [1.165, 1.54) is 18.4 Å². The number of nitrogens with one attached hydrogen (secondary N) is 1. The second-order valence-corrected chi connectivity index (χ2v) is 6.59. The molecule has 1 aromatic rings. The molecule has 0 saturated carbocycles. The number of para-hydroxylation sites is 1. The van der Waals surface area contributed by atoms with Crippen LogP contribution in [-0.2, 0) is 6.42 Å². The molecule has 1 rings (SSSR count). The van der Waals surface area contributed by atoms with E-state index in [9.17, 15) is 0 Å². The van der Waals surface area contributed by atoms with E-state index in [-0.39, 0.29) is 0 Å². The molecule has 0 saturated heterocycles. The Morgan fingerprint density at radius 1 is 1.10 bits per heavy atom. The first-order chi connectivity index (χ1) is 10.1. The van der Waals surface area contributed by atoms with Crippen LogP contribution >= 0.6 is 0 Å². The number of hydrogen-bond donors (Lipinski definition) is 1. The zero-order valence-electron chi connectivity index (χ0n) is 14.5. The summed E-state index contributed by atoms with van der Waals surface area (Å²) < 4.78 is 5.51. The fourth-order valence-corrected chi connectivity index (χ4v) is 2.88. The van der Waals surface area contributed by atoms with E-state index in [0.29, 0.717) is 11.8 Å². The van der Waals surface area contributed by atoms with Crippen molar-refractivity contribution >= 4 is 0 Å². The molecular formula is C19H33NO. The maximum atomic E-state index is 5.51. The molecule has 0 amide bonds. The monoisotopic (exact) mass is 291 g/mol. The molecule has 0 fully saturated rings. The van der Waals surface area contributed by atoms with Crippen molar-refractivity contribution in [3.8, 4) is 5.75 Å². The highest BCUT2D eigenvalue weighted by Gasteiger charge is 2.18. The van der Waals surface area contributed by atoms with Gasteiger partial charge in [-0.25, -0.2) is 0 Å². The molecule has 0 aliphatic heterocycles. The Bertz CT molecular complexity index is 389. The van der Waals surface area contributed by atoms with Gasteiger partial charge in [-0.3, -0.25) is 0 Å². The Hall–Kier alpha value is -1.02. The predicted molar refractivity (Wildman–Crippen MR) is 92.0 cm³/mol. The fraction of sp³-hybridized carbons (Fsp3) is 0.684. The molecular weight excluding hydrogens is 258 g/mol. The maximum absolute atomic E-state index is 5.51. The van der Waals surface area contributed by atoms with Crippen LogP contribution in [0.4, 0.5) is 0 Å². The van der Waals surface area contributed by atoms with Gasteiger partial charge in [-0.15, -0.1) is 0 Å². The Morgan fingerprint density at radius 2 is 1.81 bits per heavy atom. The van der Waals surface area contributed by atoms with Crippen molar-refractivity contribution in [3.63, 3.8) is 0 Å². The highest BCUT2D eigenvalue weighted by Crippen LogP contribution is 2.26. The van der Waals surface area contributed by atoms with E-state index in [0.717, 1.165) is 31.2 Å². The normalized spacial score (nSPS) is 14.2. The molecule has 2 unspecified atom stereocenters. The van der Waals surface area contributed by atoms with Gasteiger partial charge >= 0.3 is 0 Å². The molecule has 0 aromatic heterocycles. The lowest BCUT2D eigenvalue weighted by Crippen LogP contribution is -2.31. The Labute approximate surface area is 131 Å². The van der Waals surface area contributed by atoms with Gasteiger partial charge in [0, 0.05) is 0 Å². The van der Waals surface area contributed by atoms with Gasteiger partial charge in [0.05, 0.1) is 7.11 Å². The average Bonchev–Trinajstić information content (AvgIpc) is 2.46. The molecule has 21 heavy (non-hydrogen) atoms. The molecule has 2 heteroatoms. The summed E-state index contributed by atoms with van der Waals surface area (Å²) in [5.41, 5.74) is 1.33. The van der Waals surface area contributed by atoms with Crippen molar-refractivity contribution in [3.05, 3.63) is 29.8 Å². The van der Waals surface area contributed by atoms with E-state index in [1.807, 2.05) is 6.07 Å². The Morgan fingerprint density at radius 3 is 2.43 bits per heavy atom. The molecule has 0 heterocycles. The molecule has 120 valence electrons. The van der Waals surface area contributed by atoms with Gasteiger partial charge in [0.1, 0.15) is 5.75 Å². The SMILES string of the molecule is CCCC(C)C(CNCC(C)C)Cc1ccccc1OC. The third-order valence-corrected chi connectivity index (χ3v) is 4.18. The summed E-state index contributed by atoms with van der Waals surface area (Å²) in [5.74, 6) is 3.13. The number of hydrogen-bond acceptors (Lipinski definition) is 2. The minimum atomic E-state index is 0.667. The van der Waals surface area contributed by atoms with Gasteiger partial charge < -0.3 is 10.1 Å². The standard InChI is InChI=1S/C19H33NO/c1-6-9-16(4)18(14-20-13-15(2)3)12-17-10-7-8-11-19(17)21-5/h7-8,10-11,15-16,18,20H,6,9,12-14H2,1-5H3. The maximum Gasteiger partial charge on any atom is 0.122 e.